The first-order valence-electron chi connectivity index (χ1n) is 9.45. The lowest BCUT2D eigenvalue weighted by atomic mass is 9.95. The summed E-state index contributed by atoms with van der Waals surface area (Å²) in [6, 6.07) is 13.5. The van der Waals surface area contributed by atoms with Gasteiger partial charge in [0.2, 0.25) is 5.13 Å². The molecule has 160 valence electrons. The monoisotopic (exact) mass is 448 g/mol. The number of hydrogen-bond donors (Lipinski definition) is 1. The van der Waals surface area contributed by atoms with E-state index in [1.807, 2.05) is 18.2 Å². The van der Waals surface area contributed by atoms with Crippen LogP contribution in [0.5, 0.6) is 0 Å². The van der Waals surface area contributed by atoms with Gasteiger partial charge in [0.15, 0.2) is 11.5 Å². The SMILES string of the molecule is Cc1nnc(N2C(=O)C(O)=C(C(=O)C=Cc3ccccc3)C2c2cccc([N+](=O)[O-])c2)s1. The number of carbonyl (C=O) groups is 2. The number of allylic oxidation sites excluding steroid dienone is 1. The van der Waals surface area contributed by atoms with E-state index >= 15 is 0 Å². The van der Waals surface area contributed by atoms with Gasteiger partial charge in [0, 0.05) is 12.1 Å². The largest absolute Gasteiger partial charge is 0.503 e. The number of aromatic nitrogens is 2. The molecule has 1 atom stereocenters. The molecule has 4 rings (SSSR count). The predicted octanol–water partition coefficient (Wildman–Crippen LogP) is 3.94. The Bertz CT molecular complexity index is 1280. The van der Waals surface area contributed by atoms with Crippen LogP contribution < -0.4 is 4.90 Å². The van der Waals surface area contributed by atoms with E-state index in [1.54, 1.807) is 31.2 Å². The first kappa shape index (κ1) is 21.1. The third-order valence-corrected chi connectivity index (χ3v) is 5.66. The lowest BCUT2D eigenvalue weighted by molar-refractivity contribution is -0.384. The highest BCUT2D eigenvalue weighted by molar-refractivity contribution is 7.15. The Morgan fingerprint density at radius 1 is 1.19 bits per heavy atom. The zero-order valence-corrected chi connectivity index (χ0v) is 17.5. The van der Waals surface area contributed by atoms with Gasteiger partial charge in [-0.2, -0.15) is 0 Å². The molecule has 32 heavy (non-hydrogen) atoms. The normalized spacial score (nSPS) is 16.2. The highest BCUT2D eigenvalue weighted by Gasteiger charge is 2.45. The lowest BCUT2D eigenvalue weighted by Crippen LogP contribution is -2.30. The topological polar surface area (TPSA) is 127 Å². The summed E-state index contributed by atoms with van der Waals surface area (Å²) in [6.45, 7) is 1.70. The summed E-state index contributed by atoms with van der Waals surface area (Å²) in [5.74, 6) is -2.15. The molecule has 1 aromatic heterocycles. The average molecular weight is 448 g/mol. The summed E-state index contributed by atoms with van der Waals surface area (Å²) >= 11 is 1.11. The summed E-state index contributed by atoms with van der Waals surface area (Å²) in [7, 11) is 0. The maximum Gasteiger partial charge on any atom is 0.296 e. The molecule has 10 heteroatoms. The number of aryl methyl sites for hydroxylation is 1. The first-order chi connectivity index (χ1) is 15.4. The summed E-state index contributed by atoms with van der Waals surface area (Å²) in [4.78, 5) is 37.9. The van der Waals surface area contributed by atoms with Crippen LogP contribution in [0.15, 0.2) is 72.0 Å². The van der Waals surface area contributed by atoms with Crippen molar-refractivity contribution in [1.29, 1.82) is 0 Å². The third kappa shape index (κ3) is 3.91. The standard InChI is InChI=1S/C22H16N4O5S/c1-13-23-24-22(32-13)25-19(15-8-5-9-16(12-15)26(30)31)18(20(28)21(25)29)17(27)11-10-14-6-3-2-4-7-14/h2-12,19,28H,1H3. The zero-order chi connectivity index (χ0) is 22.8. The number of nitrogens with zero attached hydrogens (tertiary/aromatic N) is 4. The van der Waals surface area contributed by atoms with Crippen LogP contribution in [-0.4, -0.2) is 31.9 Å². The molecule has 0 bridgehead atoms. The Hall–Kier alpha value is -4.18. The molecular weight excluding hydrogens is 432 g/mol. The molecule has 0 radical (unpaired) electrons. The fourth-order valence-electron chi connectivity index (χ4n) is 3.39. The minimum atomic E-state index is -1.09. The molecule has 0 saturated heterocycles. The quantitative estimate of drug-likeness (QED) is 0.344. The van der Waals surface area contributed by atoms with E-state index in [-0.39, 0.29) is 16.4 Å². The van der Waals surface area contributed by atoms with Gasteiger partial charge < -0.3 is 5.11 Å². The maximum atomic E-state index is 13.1. The van der Waals surface area contributed by atoms with Crippen molar-refractivity contribution >= 4 is 39.9 Å². The van der Waals surface area contributed by atoms with E-state index in [2.05, 4.69) is 10.2 Å². The number of carbonyl (C=O) groups excluding carboxylic acids is 2. The van der Waals surface area contributed by atoms with E-state index in [9.17, 15) is 24.8 Å². The average Bonchev–Trinajstić information content (AvgIpc) is 3.33. The number of hydrogen-bond acceptors (Lipinski definition) is 8. The molecule has 9 nitrogen and oxygen atoms in total. The molecule has 1 unspecified atom stereocenters. The predicted molar refractivity (Wildman–Crippen MR) is 118 cm³/mol. The fraction of sp³-hybridized carbons (Fsp3) is 0.0909. The van der Waals surface area contributed by atoms with Crippen molar-refractivity contribution in [3.63, 3.8) is 0 Å². The molecule has 1 amide bonds. The van der Waals surface area contributed by atoms with Crippen LogP contribution in [0.2, 0.25) is 0 Å². The number of aliphatic hydroxyl groups is 1. The van der Waals surface area contributed by atoms with Crippen LogP contribution in [0.3, 0.4) is 0 Å². The Kier molecular flexibility index (Phi) is 5.61. The second-order valence-corrected chi connectivity index (χ2v) is 8.06. The molecule has 1 N–H and O–H groups in total. The molecular formula is C22H16N4O5S. The van der Waals surface area contributed by atoms with Crippen LogP contribution in [-0.2, 0) is 9.59 Å². The number of aliphatic hydroxyl groups excluding tert-OH is 1. The van der Waals surface area contributed by atoms with Crippen LogP contribution >= 0.6 is 11.3 Å². The summed E-state index contributed by atoms with van der Waals surface area (Å²) in [5, 5.41) is 30.6. The van der Waals surface area contributed by atoms with Gasteiger partial charge in [-0.05, 0) is 24.1 Å². The van der Waals surface area contributed by atoms with Crippen molar-refractivity contribution < 1.29 is 19.6 Å². The number of rotatable bonds is 6. The van der Waals surface area contributed by atoms with Crippen molar-refractivity contribution in [2.45, 2.75) is 13.0 Å². The van der Waals surface area contributed by atoms with Crippen LogP contribution in [0, 0.1) is 17.0 Å². The number of non-ortho nitro benzene ring substituents is 1. The minimum absolute atomic E-state index is 0.172. The highest BCUT2D eigenvalue weighted by atomic mass is 32.1. The van der Waals surface area contributed by atoms with E-state index in [1.165, 1.54) is 24.3 Å². The summed E-state index contributed by atoms with van der Waals surface area (Å²) < 4.78 is 0. The van der Waals surface area contributed by atoms with Gasteiger partial charge in [-0.1, -0.05) is 59.9 Å². The maximum absolute atomic E-state index is 13.1. The Morgan fingerprint density at radius 3 is 2.59 bits per heavy atom. The van der Waals surface area contributed by atoms with Crippen molar-refractivity contribution in [3.8, 4) is 0 Å². The number of benzene rings is 2. The van der Waals surface area contributed by atoms with Crippen LogP contribution in [0.1, 0.15) is 22.2 Å². The van der Waals surface area contributed by atoms with Gasteiger partial charge in [0.05, 0.1) is 16.5 Å². The Morgan fingerprint density at radius 2 is 1.94 bits per heavy atom. The molecule has 1 aliphatic rings. The van der Waals surface area contributed by atoms with E-state index in [4.69, 9.17) is 0 Å². The lowest BCUT2D eigenvalue weighted by Gasteiger charge is -2.23. The molecule has 0 aliphatic carbocycles. The number of amides is 1. The molecule has 2 aromatic carbocycles. The molecule has 0 saturated carbocycles. The Balaban J connectivity index is 1.81. The van der Waals surface area contributed by atoms with Gasteiger partial charge in [-0.3, -0.25) is 24.6 Å². The van der Waals surface area contributed by atoms with E-state index in [0.717, 1.165) is 21.8 Å². The van der Waals surface area contributed by atoms with Crippen LogP contribution in [0.25, 0.3) is 6.08 Å². The second kappa shape index (κ2) is 8.52. The molecule has 2 heterocycles. The minimum Gasteiger partial charge on any atom is -0.503 e. The van der Waals surface area contributed by atoms with Gasteiger partial charge in [-0.25, -0.2) is 0 Å². The van der Waals surface area contributed by atoms with Crippen molar-refractivity contribution in [2.75, 3.05) is 4.90 Å². The molecule has 1 aliphatic heterocycles. The van der Waals surface area contributed by atoms with Crippen molar-refractivity contribution in [2.24, 2.45) is 0 Å². The highest BCUT2D eigenvalue weighted by Crippen LogP contribution is 2.42. The van der Waals surface area contributed by atoms with Crippen molar-refractivity contribution in [1.82, 2.24) is 10.2 Å². The van der Waals surface area contributed by atoms with Gasteiger partial charge in [-0.15, -0.1) is 10.2 Å². The van der Waals surface area contributed by atoms with Crippen LogP contribution in [0.4, 0.5) is 10.8 Å². The molecule has 0 fully saturated rings. The number of nitro groups is 1. The van der Waals surface area contributed by atoms with E-state index in [0.29, 0.717) is 10.6 Å². The second-order valence-electron chi connectivity index (χ2n) is 6.90. The number of nitro benzene ring substituents is 1. The molecule has 0 spiro atoms. The smallest absolute Gasteiger partial charge is 0.296 e. The van der Waals surface area contributed by atoms with Crippen molar-refractivity contribution in [3.05, 3.63) is 98.3 Å². The van der Waals surface area contributed by atoms with Gasteiger partial charge in [0.25, 0.3) is 11.6 Å². The summed E-state index contributed by atoms with van der Waals surface area (Å²) in [5.41, 5.74) is 0.659. The third-order valence-electron chi connectivity index (χ3n) is 4.82. The fourth-order valence-corrected chi connectivity index (χ4v) is 4.10. The molecule has 3 aromatic rings. The zero-order valence-electron chi connectivity index (χ0n) is 16.7. The number of ketones is 1. The van der Waals surface area contributed by atoms with E-state index < -0.39 is 28.4 Å². The number of anilines is 1. The van der Waals surface area contributed by atoms with Gasteiger partial charge >= 0.3 is 0 Å². The van der Waals surface area contributed by atoms with Gasteiger partial charge in [0.1, 0.15) is 5.01 Å². The first-order valence-corrected chi connectivity index (χ1v) is 10.3. The summed E-state index contributed by atoms with van der Waals surface area (Å²) in [6.07, 6.45) is 2.82. The Labute approximate surface area is 186 Å².